The highest BCUT2D eigenvalue weighted by atomic mass is 19.1. The number of carbonyl (C=O) groups is 1. The Morgan fingerprint density at radius 1 is 1.00 bits per heavy atom. The van der Waals surface area contributed by atoms with Gasteiger partial charge in [-0.15, -0.1) is 0 Å². The van der Waals surface area contributed by atoms with Gasteiger partial charge in [-0.25, -0.2) is 9.18 Å². The molecule has 6 heteroatoms. The van der Waals surface area contributed by atoms with Gasteiger partial charge in [0, 0.05) is 24.4 Å². The van der Waals surface area contributed by atoms with E-state index in [1.165, 1.54) is 61.9 Å². The fourth-order valence-corrected chi connectivity index (χ4v) is 5.63. The van der Waals surface area contributed by atoms with E-state index in [1.54, 1.807) is 0 Å². The predicted molar refractivity (Wildman–Crippen MR) is 150 cm³/mol. The molecule has 2 unspecified atom stereocenters. The van der Waals surface area contributed by atoms with E-state index in [1.807, 2.05) is 50.2 Å². The van der Waals surface area contributed by atoms with Crippen molar-refractivity contribution in [1.29, 1.82) is 0 Å². The Morgan fingerprint density at radius 3 is 2.49 bits per heavy atom. The van der Waals surface area contributed by atoms with Crippen molar-refractivity contribution in [2.75, 3.05) is 11.9 Å². The molecule has 0 saturated heterocycles. The molecule has 0 radical (unpaired) electrons. The zero-order valence-electron chi connectivity index (χ0n) is 22.8. The molecule has 5 rings (SSSR count). The van der Waals surface area contributed by atoms with Gasteiger partial charge in [-0.1, -0.05) is 62.4 Å². The van der Waals surface area contributed by atoms with Gasteiger partial charge >= 0.3 is 5.97 Å². The summed E-state index contributed by atoms with van der Waals surface area (Å²) in [4.78, 5) is 13.1. The van der Waals surface area contributed by atoms with Crippen LogP contribution in [0, 0.1) is 11.7 Å². The molecule has 0 aromatic heterocycles. The zero-order chi connectivity index (χ0) is 27.2. The van der Waals surface area contributed by atoms with Gasteiger partial charge in [0.2, 0.25) is 0 Å². The van der Waals surface area contributed by atoms with Gasteiger partial charge in [-0.3, -0.25) is 0 Å². The third-order valence-electron chi connectivity index (χ3n) is 7.85. The van der Waals surface area contributed by atoms with E-state index in [9.17, 15) is 9.18 Å². The van der Waals surface area contributed by atoms with E-state index in [-0.39, 0.29) is 5.56 Å². The number of ether oxygens (including phenoxy) is 3. The molecule has 0 amide bonds. The summed E-state index contributed by atoms with van der Waals surface area (Å²) < 4.78 is 32.5. The van der Waals surface area contributed by atoms with Gasteiger partial charge in [0.25, 0.3) is 0 Å². The maximum Gasteiger partial charge on any atom is 0.338 e. The van der Waals surface area contributed by atoms with E-state index < -0.39 is 29.6 Å². The fraction of sp³-hybridized carbons (Fsp3) is 0.424. The molecule has 1 fully saturated rings. The average Bonchev–Trinajstić information content (AvgIpc) is 2.95. The first-order chi connectivity index (χ1) is 18.9. The largest absolute Gasteiger partial charge is 0.483 e. The quantitative estimate of drug-likeness (QED) is 0.285. The second-order valence-corrected chi connectivity index (χ2v) is 11.2. The molecule has 5 nitrogen and oxygen atoms in total. The van der Waals surface area contributed by atoms with Crippen LogP contribution in [-0.4, -0.2) is 24.3 Å². The van der Waals surface area contributed by atoms with E-state index in [0.29, 0.717) is 19.1 Å². The number of esters is 1. The lowest BCUT2D eigenvalue weighted by Crippen LogP contribution is -2.51. The topological polar surface area (TPSA) is 56.8 Å². The van der Waals surface area contributed by atoms with Gasteiger partial charge in [0.1, 0.15) is 23.3 Å². The number of halogens is 1. The first-order valence-corrected chi connectivity index (χ1v) is 14.1. The zero-order valence-corrected chi connectivity index (χ0v) is 22.8. The molecule has 0 bridgehead atoms. The SMILES string of the molecule is CC1(C)Oc2ccc(NCc3ccccc3)cc2C(OCCC2CCCCC2)C1OC(=O)c1ccc(F)cc1. The van der Waals surface area contributed by atoms with E-state index in [0.717, 1.165) is 23.4 Å². The Morgan fingerprint density at radius 2 is 1.74 bits per heavy atom. The van der Waals surface area contributed by atoms with Crippen LogP contribution in [-0.2, 0) is 16.0 Å². The van der Waals surface area contributed by atoms with Crippen LogP contribution < -0.4 is 10.1 Å². The van der Waals surface area contributed by atoms with E-state index >= 15 is 0 Å². The average molecular weight is 532 g/mol. The Bertz CT molecular complexity index is 1240. The van der Waals surface area contributed by atoms with Crippen LogP contribution in [0.3, 0.4) is 0 Å². The second-order valence-electron chi connectivity index (χ2n) is 11.2. The molecule has 1 aliphatic carbocycles. The molecule has 1 saturated carbocycles. The van der Waals surface area contributed by atoms with Crippen LogP contribution in [0.1, 0.15) is 80.0 Å². The van der Waals surface area contributed by atoms with Gasteiger partial charge < -0.3 is 19.5 Å². The van der Waals surface area contributed by atoms with Gasteiger partial charge in [-0.05, 0) is 74.2 Å². The van der Waals surface area contributed by atoms with Crippen molar-refractivity contribution >= 4 is 11.7 Å². The minimum atomic E-state index is -0.836. The van der Waals surface area contributed by atoms with Crippen molar-refractivity contribution in [3.05, 3.63) is 95.3 Å². The summed E-state index contributed by atoms with van der Waals surface area (Å²) in [5, 5.41) is 3.49. The van der Waals surface area contributed by atoms with Crippen molar-refractivity contribution in [2.24, 2.45) is 5.92 Å². The van der Waals surface area contributed by atoms with Crippen LogP contribution in [0.5, 0.6) is 5.75 Å². The Kier molecular flexibility index (Phi) is 8.51. The lowest BCUT2D eigenvalue weighted by atomic mass is 9.86. The minimum Gasteiger partial charge on any atom is -0.483 e. The van der Waals surface area contributed by atoms with Crippen LogP contribution in [0.25, 0.3) is 0 Å². The lowest BCUT2D eigenvalue weighted by molar-refractivity contribution is -0.141. The molecular weight excluding hydrogens is 493 g/mol. The Labute approximate surface area is 230 Å². The van der Waals surface area contributed by atoms with Gasteiger partial charge in [-0.2, -0.15) is 0 Å². The van der Waals surface area contributed by atoms with Crippen LogP contribution in [0.15, 0.2) is 72.8 Å². The third kappa shape index (κ3) is 6.80. The highest BCUT2D eigenvalue weighted by molar-refractivity contribution is 5.89. The van der Waals surface area contributed by atoms with Crippen LogP contribution in [0.4, 0.5) is 10.1 Å². The van der Waals surface area contributed by atoms with Crippen LogP contribution >= 0.6 is 0 Å². The van der Waals surface area contributed by atoms with Crippen molar-refractivity contribution in [1.82, 2.24) is 0 Å². The molecular formula is C33H38FNO4. The summed E-state index contributed by atoms with van der Waals surface area (Å²) in [6, 6.07) is 21.6. The third-order valence-corrected chi connectivity index (χ3v) is 7.85. The summed E-state index contributed by atoms with van der Waals surface area (Å²) in [6.07, 6.45) is 6.16. The number of benzene rings is 3. The first kappa shape index (κ1) is 27.2. The summed E-state index contributed by atoms with van der Waals surface area (Å²) in [5.74, 6) is 0.466. The highest BCUT2D eigenvalue weighted by Gasteiger charge is 2.47. The number of hydrogen-bond acceptors (Lipinski definition) is 5. The van der Waals surface area contributed by atoms with E-state index in [2.05, 4.69) is 17.4 Å². The number of anilines is 1. The molecule has 1 aliphatic heterocycles. The maximum atomic E-state index is 13.5. The molecule has 1 N–H and O–H groups in total. The standard InChI is InChI=1S/C33H38FNO4/c1-33(2)31(38-32(36)25-13-15-26(34)16-14-25)30(37-20-19-23-9-5-3-6-10-23)28-21-27(17-18-29(28)39-33)35-22-24-11-7-4-8-12-24/h4,7-8,11-18,21,23,30-31,35H,3,5-6,9-10,19-20,22H2,1-2H3. The maximum absolute atomic E-state index is 13.5. The number of hydrogen-bond donors (Lipinski definition) is 1. The fourth-order valence-electron chi connectivity index (χ4n) is 5.63. The van der Waals surface area contributed by atoms with Gasteiger partial charge in [0.05, 0.1) is 5.56 Å². The monoisotopic (exact) mass is 531 g/mol. The van der Waals surface area contributed by atoms with Crippen LogP contribution in [0.2, 0.25) is 0 Å². The second kappa shape index (κ2) is 12.2. The molecule has 1 heterocycles. The van der Waals surface area contributed by atoms with Crippen molar-refractivity contribution < 1.29 is 23.4 Å². The first-order valence-electron chi connectivity index (χ1n) is 14.1. The summed E-state index contributed by atoms with van der Waals surface area (Å²) in [6.45, 7) is 5.09. The van der Waals surface area contributed by atoms with Gasteiger partial charge in [0.15, 0.2) is 6.10 Å². The Hall–Kier alpha value is -3.38. The number of fused-ring (bicyclic) bond motifs is 1. The number of carbonyl (C=O) groups excluding carboxylic acids is 1. The summed E-state index contributed by atoms with van der Waals surface area (Å²) >= 11 is 0. The smallest absolute Gasteiger partial charge is 0.338 e. The molecule has 39 heavy (non-hydrogen) atoms. The van der Waals surface area contributed by atoms with Crippen molar-refractivity contribution in [2.45, 2.75) is 76.7 Å². The molecule has 2 atom stereocenters. The molecule has 3 aromatic rings. The van der Waals surface area contributed by atoms with E-state index in [4.69, 9.17) is 14.2 Å². The molecule has 2 aliphatic rings. The normalized spacial score (nSPS) is 20.5. The summed E-state index contributed by atoms with van der Waals surface area (Å²) in [5.41, 5.74) is 2.42. The minimum absolute atomic E-state index is 0.289. The number of nitrogens with one attached hydrogen (secondary N) is 1. The van der Waals surface area contributed by atoms with Crippen molar-refractivity contribution in [3.63, 3.8) is 0 Å². The molecule has 206 valence electrons. The molecule has 0 spiro atoms. The highest BCUT2D eigenvalue weighted by Crippen LogP contribution is 2.45. The summed E-state index contributed by atoms with van der Waals surface area (Å²) in [7, 11) is 0. The number of rotatable bonds is 9. The molecule has 3 aromatic carbocycles. The van der Waals surface area contributed by atoms with Crippen molar-refractivity contribution in [3.8, 4) is 5.75 Å². The lowest BCUT2D eigenvalue weighted by Gasteiger charge is -2.44. The Balaban J connectivity index is 1.39. The predicted octanol–water partition coefficient (Wildman–Crippen LogP) is 7.86.